The second kappa shape index (κ2) is 7.54. The van der Waals surface area contributed by atoms with Crippen LogP contribution in [0.5, 0.6) is 0 Å². The number of pyridine rings is 1. The second-order valence-electron chi connectivity index (χ2n) is 9.38. The van der Waals surface area contributed by atoms with Crippen molar-refractivity contribution in [1.29, 1.82) is 0 Å². The topological polar surface area (TPSA) is 53.7 Å². The van der Waals surface area contributed by atoms with Gasteiger partial charge in [-0.3, -0.25) is 4.40 Å². The van der Waals surface area contributed by atoms with Gasteiger partial charge in [0.15, 0.2) is 5.65 Å². The lowest BCUT2D eigenvalue weighted by atomic mass is 9.82. The predicted octanol–water partition coefficient (Wildman–Crippen LogP) is 4.95. The van der Waals surface area contributed by atoms with Gasteiger partial charge < -0.3 is 10.0 Å². The first-order valence-electron chi connectivity index (χ1n) is 11.0. The molecule has 0 atom stereocenters. The zero-order valence-electron chi connectivity index (χ0n) is 17.7. The third kappa shape index (κ3) is 3.69. The van der Waals surface area contributed by atoms with E-state index in [2.05, 4.69) is 50.0 Å². The predicted molar refractivity (Wildman–Crippen MR) is 120 cm³/mol. The summed E-state index contributed by atoms with van der Waals surface area (Å²) in [6.07, 6.45) is 7.73. The number of anilines is 1. The molecule has 1 aliphatic heterocycles. The van der Waals surface area contributed by atoms with E-state index in [0.29, 0.717) is 10.9 Å². The minimum Gasteiger partial charge on any atom is -0.386 e. The Bertz CT molecular complexity index is 1060. The van der Waals surface area contributed by atoms with Crippen LogP contribution in [0.15, 0.2) is 36.5 Å². The fourth-order valence-corrected chi connectivity index (χ4v) is 5.08. The van der Waals surface area contributed by atoms with Gasteiger partial charge in [0.05, 0.1) is 11.3 Å². The molecule has 0 amide bonds. The SMILES string of the molecule is CC(C)(O)c1ccccc1C1CCN(c2ccn3c(CC4CC4)nnc3c2Cl)CC1. The van der Waals surface area contributed by atoms with Crippen molar-refractivity contribution in [2.75, 3.05) is 18.0 Å². The summed E-state index contributed by atoms with van der Waals surface area (Å²) in [6, 6.07) is 10.4. The summed E-state index contributed by atoms with van der Waals surface area (Å²) in [5, 5.41) is 20.1. The van der Waals surface area contributed by atoms with Gasteiger partial charge >= 0.3 is 0 Å². The summed E-state index contributed by atoms with van der Waals surface area (Å²) < 4.78 is 2.05. The monoisotopic (exact) mass is 424 g/mol. The Hall–Kier alpha value is -2.11. The van der Waals surface area contributed by atoms with Crippen LogP contribution < -0.4 is 4.90 Å². The number of halogens is 1. The normalized spacial score (nSPS) is 18.3. The van der Waals surface area contributed by atoms with E-state index in [4.69, 9.17) is 11.6 Å². The molecule has 3 heterocycles. The number of nitrogens with zero attached hydrogens (tertiary/aromatic N) is 4. The molecule has 2 aliphatic rings. The Morgan fingerprint density at radius 3 is 2.50 bits per heavy atom. The van der Waals surface area contributed by atoms with E-state index in [0.717, 1.165) is 61.0 Å². The van der Waals surface area contributed by atoms with Crippen LogP contribution >= 0.6 is 11.6 Å². The average Bonchev–Trinajstić information content (AvgIpc) is 3.46. The summed E-state index contributed by atoms with van der Waals surface area (Å²) in [5.74, 6) is 2.23. The fourth-order valence-electron chi connectivity index (χ4n) is 4.77. The van der Waals surface area contributed by atoms with Crippen LogP contribution in [0, 0.1) is 5.92 Å². The lowest BCUT2D eigenvalue weighted by molar-refractivity contribution is 0.0770. The van der Waals surface area contributed by atoms with E-state index in [9.17, 15) is 5.11 Å². The molecule has 1 saturated heterocycles. The van der Waals surface area contributed by atoms with E-state index in [-0.39, 0.29) is 0 Å². The largest absolute Gasteiger partial charge is 0.386 e. The van der Waals surface area contributed by atoms with Gasteiger partial charge in [0, 0.05) is 25.7 Å². The van der Waals surface area contributed by atoms with Crippen molar-refractivity contribution in [3.63, 3.8) is 0 Å². The van der Waals surface area contributed by atoms with Gasteiger partial charge in [-0.15, -0.1) is 10.2 Å². The van der Waals surface area contributed by atoms with Gasteiger partial charge in [-0.25, -0.2) is 0 Å². The van der Waals surface area contributed by atoms with Gasteiger partial charge in [-0.1, -0.05) is 35.9 Å². The molecule has 1 aromatic carbocycles. The molecule has 0 unspecified atom stereocenters. The summed E-state index contributed by atoms with van der Waals surface area (Å²) in [5.41, 5.74) is 3.29. The van der Waals surface area contributed by atoms with Crippen LogP contribution in [-0.4, -0.2) is 32.8 Å². The van der Waals surface area contributed by atoms with Crippen LogP contribution in [0.4, 0.5) is 5.69 Å². The number of hydrogen-bond donors (Lipinski definition) is 1. The fraction of sp³-hybridized carbons (Fsp3) is 0.500. The second-order valence-corrected chi connectivity index (χ2v) is 9.76. The van der Waals surface area contributed by atoms with Gasteiger partial charge in [-0.2, -0.15) is 0 Å². The maximum Gasteiger partial charge on any atom is 0.181 e. The molecule has 5 rings (SSSR count). The summed E-state index contributed by atoms with van der Waals surface area (Å²) in [7, 11) is 0. The number of aromatic nitrogens is 3. The maximum absolute atomic E-state index is 10.6. The third-order valence-corrected chi connectivity index (χ3v) is 7.00. The minimum absolute atomic E-state index is 0.449. The quantitative estimate of drug-likeness (QED) is 0.629. The van der Waals surface area contributed by atoms with Crippen LogP contribution in [0.25, 0.3) is 5.65 Å². The van der Waals surface area contributed by atoms with E-state index in [1.165, 1.54) is 18.4 Å². The van der Waals surface area contributed by atoms with Crippen molar-refractivity contribution in [1.82, 2.24) is 14.6 Å². The Kier molecular flexibility index (Phi) is 4.98. The highest BCUT2D eigenvalue weighted by Crippen LogP contribution is 2.38. The van der Waals surface area contributed by atoms with Crippen molar-refractivity contribution in [2.45, 2.75) is 57.5 Å². The highest BCUT2D eigenvalue weighted by Gasteiger charge is 2.29. The number of aliphatic hydroxyl groups is 1. The van der Waals surface area contributed by atoms with Gasteiger partial charge in [0.1, 0.15) is 10.8 Å². The smallest absolute Gasteiger partial charge is 0.181 e. The Balaban J connectivity index is 1.35. The van der Waals surface area contributed by atoms with Gasteiger partial charge in [0.25, 0.3) is 0 Å². The van der Waals surface area contributed by atoms with Crippen LogP contribution in [0.2, 0.25) is 5.02 Å². The van der Waals surface area contributed by atoms with Crippen molar-refractivity contribution in [2.24, 2.45) is 5.92 Å². The van der Waals surface area contributed by atoms with E-state index in [1.54, 1.807) is 0 Å². The zero-order valence-corrected chi connectivity index (χ0v) is 18.4. The average molecular weight is 425 g/mol. The van der Waals surface area contributed by atoms with Crippen molar-refractivity contribution >= 4 is 22.9 Å². The Morgan fingerprint density at radius 1 is 1.07 bits per heavy atom. The molecule has 158 valence electrons. The zero-order chi connectivity index (χ0) is 20.9. The first kappa shape index (κ1) is 19.8. The molecule has 6 heteroatoms. The highest BCUT2D eigenvalue weighted by molar-refractivity contribution is 6.36. The molecule has 3 aromatic rings. The summed E-state index contributed by atoms with van der Waals surface area (Å²) in [6.45, 7) is 5.60. The van der Waals surface area contributed by atoms with Gasteiger partial charge in [-0.05, 0) is 68.6 Å². The van der Waals surface area contributed by atoms with E-state index in [1.807, 2.05) is 19.9 Å². The maximum atomic E-state index is 10.6. The highest BCUT2D eigenvalue weighted by atomic mass is 35.5. The minimum atomic E-state index is -0.825. The van der Waals surface area contributed by atoms with Crippen molar-refractivity contribution in [3.8, 4) is 0 Å². The van der Waals surface area contributed by atoms with Crippen LogP contribution in [0.3, 0.4) is 0 Å². The molecule has 0 radical (unpaired) electrons. The first-order valence-corrected chi connectivity index (χ1v) is 11.4. The molecule has 5 nitrogen and oxygen atoms in total. The van der Waals surface area contributed by atoms with Crippen molar-refractivity contribution in [3.05, 3.63) is 58.5 Å². The number of hydrogen-bond acceptors (Lipinski definition) is 4. The Morgan fingerprint density at radius 2 is 1.80 bits per heavy atom. The Labute approximate surface area is 182 Å². The molecule has 2 fully saturated rings. The molecule has 2 aromatic heterocycles. The summed E-state index contributed by atoms with van der Waals surface area (Å²) >= 11 is 6.78. The number of piperidine rings is 1. The number of benzene rings is 1. The lowest BCUT2D eigenvalue weighted by Gasteiger charge is -2.36. The standard InChI is InChI=1S/C24H29ClN4O/c1-24(2,30)19-6-4-3-5-18(19)17-9-12-28(13-10-17)20-11-14-29-21(15-16-7-8-16)26-27-23(29)22(20)25/h3-6,11,14,16-17,30H,7-10,12-13,15H2,1-2H3. The number of rotatable bonds is 5. The third-order valence-electron chi connectivity index (χ3n) is 6.63. The molecule has 1 aliphatic carbocycles. The molecule has 30 heavy (non-hydrogen) atoms. The summed E-state index contributed by atoms with van der Waals surface area (Å²) in [4.78, 5) is 2.36. The first-order chi connectivity index (χ1) is 14.4. The molecule has 0 spiro atoms. The van der Waals surface area contributed by atoms with Crippen molar-refractivity contribution < 1.29 is 5.11 Å². The van der Waals surface area contributed by atoms with E-state index < -0.39 is 5.60 Å². The lowest BCUT2D eigenvalue weighted by Crippen LogP contribution is -2.34. The molecule has 1 N–H and O–H groups in total. The van der Waals surface area contributed by atoms with Crippen LogP contribution in [0.1, 0.15) is 62.4 Å². The molecule has 1 saturated carbocycles. The van der Waals surface area contributed by atoms with Gasteiger partial charge in [0.2, 0.25) is 0 Å². The molecule has 0 bridgehead atoms. The van der Waals surface area contributed by atoms with Crippen LogP contribution in [-0.2, 0) is 12.0 Å². The molecular weight excluding hydrogens is 396 g/mol. The molecular formula is C24H29ClN4O. The number of fused-ring (bicyclic) bond motifs is 1. The van der Waals surface area contributed by atoms with E-state index >= 15 is 0 Å².